The Kier molecular flexibility index (Phi) is 3.08. The summed E-state index contributed by atoms with van der Waals surface area (Å²) in [7, 11) is -3.31. The Balaban J connectivity index is 2.59. The van der Waals surface area contributed by atoms with Crippen LogP contribution in [0.2, 0.25) is 0 Å². The topological polar surface area (TPSA) is 78.6 Å². The predicted octanol–water partition coefficient (Wildman–Crippen LogP) is 0.791. The molecule has 1 aliphatic rings. The lowest BCUT2D eigenvalue weighted by Crippen LogP contribution is -2.00. The van der Waals surface area contributed by atoms with Gasteiger partial charge in [0, 0.05) is 18.9 Å². The van der Waals surface area contributed by atoms with Gasteiger partial charge < -0.3 is 15.2 Å². The molecule has 0 saturated carbocycles. The van der Waals surface area contributed by atoms with E-state index < -0.39 is 9.84 Å². The van der Waals surface area contributed by atoms with E-state index in [1.165, 1.54) is 6.07 Å². The van der Waals surface area contributed by atoms with Crippen molar-refractivity contribution in [3.05, 3.63) is 23.8 Å². The van der Waals surface area contributed by atoms with Gasteiger partial charge in [0.2, 0.25) is 6.79 Å². The first-order valence-corrected chi connectivity index (χ1v) is 6.92. The number of hydrogen-bond acceptors (Lipinski definition) is 5. The van der Waals surface area contributed by atoms with Gasteiger partial charge in [0.25, 0.3) is 0 Å². The largest absolute Gasteiger partial charge is 0.454 e. The molecule has 5 nitrogen and oxygen atoms in total. The van der Waals surface area contributed by atoms with Gasteiger partial charge in [-0.2, -0.15) is 0 Å². The average molecular weight is 255 g/mol. The second kappa shape index (κ2) is 4.38. The summed E-state index contributed by atoms with van der Waals surface area (Å²) in [6.45, 7) is 0.459. The number of ether oxygens (including phenoxy) is 2. The molecule has 0 bridgehead atoms. The lowest BCUT2D eigenvalue weighted by atomic mass is 10.2. The molecule has 17 heavy (non-hydrogen) atoms. The summed E-state index contributed by atoms with van der Waals surface area (Å²) in [5, 5.41) is 0. The lowest BCUT2D eigenvalue weighted by Gasteiger charge is -2.06. The summed E-state index contributed by atoms with van der Waals surface area (Å²) in [5.74, 6) is 1.00. The van der Waals surface area contributed by atoms with E-state index in [0.29, 0.717) is 23.6 Å². The number of hydrogen-bond donors (Lipinski definition) is 1. The van der Waals surface area contributed by atoms with Crippen LogP contribution in [0.5, 0.6) is 11.5 Å². The molecular weight excluding hydrogens is 242 g/mol. The summed E-state index contributed by atoms with van der Waals surface area (Å²) >= 11 is 0. The molecule has 1 aromatic carbocycles. The molecule has 0 aliphatic carbocycles. The first-order valence-electron chi connectivity index (χ1n) is 5.02. The molecule has 92 valence electrons. The fraction of sp³-hybridized carbons (Fsp3) is 0.273. The van der Waals surface area contributed by atoms with Crippen molar-refractivity contribution in [3.63, 3.8) is 0 Å². The van der Waals surface area contributed by atoms with Crippen LogP contribution < -0.4 is 15.2 Å². The van der Waals surface area contributed by atoms with Crippen molar-refractivity contribution in [2.75, 3.05) is 19.6 Å². The van der Waals surface area contributed by atoms with Gasteiger partial charge in [-0.3, -0.25) is 0 Å². The molecule has 0 unspecified atom stereocenters. The molecule has 1 aromatic rings. The number of rotatable bonds is 3. The molecule has 0 atom stereocenters. The minimum Gasteiger partial charge on any atom is -0.454 e. The van der Waals surface area contributed by atoms with Crippen LogP contribution in [0.4, 0.5) is 0 Å². The fourth-order valence-corrected chi connectivity index (χ4v) is 2.46. The molecule has 0 aromatic heterocycles. The van der Waals surface area contributed by atoms with E-state index in [4.69, 9.17) is 15.2 Å². The Morgan fingerprint density at radius 3 is 2.59 bits per heavy atom. The lowest BCUT2D eigenvalue weighted by molar-refractivity contribution is 0.174. The van der Waals surface area contributed by atoms with E-state index in [1.807, 2.05) is 0 Å². The van der Waals surface area contributed by atoms with Gasteiger partial charge in [-0.15, -0.1) is 0 Å². The standard InChI is InChI=1S/C11H13NO4S/c1-17(13,14)11-6-10-9(15-7-16-10)5-8(11)3-2-4-12/h2-3,5-6H,4,7,12H2,1H3/b3-2+. The van der Waals surface area contributed by atoms with Crippen LogP contribution in [-0.2, 0) is 9.84 Å². The summed E-state index contributed by atoms with van der Waals surface area (Å²) in [6.07, 6.45) is 4.51. The Labute approximate surface area is 99.8 Å². The molecular formula is C11H13NO4S. The third-order valence-corrected chi connectivity index (χ3v) is 3.49. The van der Waals surface area contributed by atoms with Gasteiger partial charge in [-0.05, 0) is 11.6 Å². The van der Waals surface area contributed by atoms with Crippen LogP contribution in [0, 0.1) is 0 Å². The number of fused-ring (bicyclic) bond motifs is 1. The molecule has 0 fully saturated rings. The highest BCUT2D eigenvalue weighted by Crippen LogP contribution is 2.36. The molecule has 0 amide bonds. The highest BCUT2D eigenvalue weighted by Gasteiger charge is 2.20. The molecule has 0 saturated heterocycles. The number of benzene rings is 1. The van der Waals surface area contributed by atoms with Crippen molar-refractivity contribution in [3.8, 4) is 11.5 Å². The first-order chi connectivity index (χ1) is 8.02. The minimum absolute atomic E-state index is 0.114. The van der Waals surface area contributed by atoms with E-state index in [0.717, 1.165) is 6.26 Å². The number of sulfone groups is 1. The molecule has 0 spiro atoms. The Bertz CT molecular complexity index is 563. The first kappa shape index (κ1) is 11.9. The van der Waals surface area contributed by atoms with Crippen molar-refractivity contribution < 1.29 is 17.9 Å². The van der Waals surface area contributed by atoms with Crippen LogP contribution >= 0.6 is 0 Å². The number of nitrogens with two attached hydrogens (primary N) is 1. The van der Waals surface area contributed by atoms with Gasteiger partial charge in [-0.1, -0.05) is 12.2 Å². The second-order valence-corrected chi connectivity index (χ2v) is 5.64. The Morgan fingerprint density at radius 2 is 2.00 bits per heavy atom. The van der Waals surface area contributed by atoms with Crippen LogP contribution in [0.1, 0.15) is 5.56 Å². The highest BCUT2D eigenvalue weighted by molar-refractivity contribution is 7.90. The van der Waals surface area contributed by atoms with Crippen molar-refractivity contribution in [2.24, 2.45) is 5.73 Å². The van der Waals surface area contributed by atoms with Gasteiger partial charge in [0.1, 0.15) is 0 Å². The molecule has 2 N–H and O–H groups in total. The fourth-order valence-electron chi connectivity index (χ4n) is 1.59. The van der Waals surface area contributed by atoms with E-state index in [9.17, 15) is 8.42 Å². The zero-order valence-electron chi connectivity index (χ0n) is 9.34. The van der Waals surface area contributed by atoms with Gasteiger partial charge in [0.05, 0.1) is 4.90 Å². The van der Waals surface area contributed by atoms with Crippen LogP contribution in [-0.4, -0.2) is 28.0 Å². The Hall–Kier alpha value is -1.53. The predicted molar refractivity (Wildman–Crippen MR) is 63.8 cm³/mol. The molecule has 2 rings (SSSR count). The highest BCUT2D eigenvalue weighted by atomic mass is 32.2. The van der Waals surface area contributed by atoms with Crippen molar-refractivity contribution in [1.82, 2.24) is 0 Å². The SMILES string of the molecule is CS(=O)(=O)c1cc2c(cc1/C=C/CN)OCO2. The van der Waals surface area contributed by atoms with Crippen molar-refractivity contribution in [1.29, 1.82) is 0 Å². The van der Waals surface area contributed by atoms with Crippen molar-refractivity contribution >= 4 is 15.9 Å². The quantitative estimate of drug-likeness (QED) is 0.864. The van der Waals surface area contributed by atoms with Gasteiger partial charge >= 0.3 is 0 Å². The molecule has 0 radical (unpaired) electrons. The summed E-state index contributed by atoms with van der Waals surface area (Å²) in [5.41, 5.74) is 5.91. The zero-order chi connectivity index (χ0) is 12.5. The summed E-state index contributed by atoms with van der Waals surface area (Å²) in [6, 6.07) is 3.12. The normalized spacial score (nSPS) is 14.5. The van der Waals surface area contributed by atoms with Crippen molar-refractivity contribution in [2.45, 2.75) is 4.90 Å². The monoisotopic (exact) mass is 255 g/mol. The second-order valence-electron chi connectivity index (χ2n) is 3.65. The van der Waals surface area contributed by atoms with E-state index in [1.54, 1.807) is 18.2 Å². The van der Waals surface area contributed by atoms with Crippen LogP contribution in [0.25, 0.3) is 6.08 Å². The average Bonchev–Trinajstić information content (AvgIpc) is 2.70. The summed E-state index contributed by atoms with van der Waals surface area (Å²) < 4.78 is 33.7. The molecule has 6 heteroatoms. The van der Waals surface area contributed by atoms with Crippen LogP contribution in [0.3, 0.4) is 0 Å². The molecule has 1 aliphatic heterocycles. The van der Waals surface area contributed by atoms with E-state index in [-0.39, 0.29) is 11.7 Å². The van der Waals surface area contributed by atoms with Crippen LogP contribution in [0.15, 0.2) is 23.1 Å². The van der Waals surface area contributed by atoms with E-state index in [2.05, 4.69) is 0 Å². The maximum atomic E-state index is 11.7. The maximum Gasteiger partial charge on any atom is 0.231 e. The third-order valence-electron chi connectivity index (χ3n) is 2.34. The molecule has 1 heterocycles. The minimum atomic E-state index is -3.31. The zero-order valence-corrected chi connectivity index (χ0v) is 10.2. The summed E-state index contributed by atoms with van der Waals surface area (Å²) in [4.78, 5) is 0.214. The Morgan fingerprint density at radius 1 is 1.35 bits per heavy atom. The van der Waals surface area contributed by atoms with E-state index >= 15 is 0 Å². The smallest absolute Gasteiger partial charge is 0.231 e. The van der Waals surface area contributed by atoms with Gasteiger partial charge in [-0.25, -0.2) is 8.42 Å². The third kappa shape index (κ3) is 2.42. The maximum absolute atomic E-state index is 11.7. The van der Waals surface area contributed by atoms with Gasteiger partial charge in [0.15, 0.2) is 21.3 Å².